The van der Waals surface area contributed by atoms with Crippen LogP contribution in [0.2, 0.25) is 5.02 Å². The van der Waals surface area contributed by atoms with Gasteiger partial charge in [-0.05, 0) is 29.7 Å². The smallest absolute Gasteiger partial charge is 0.206 e. The highest BCUT2D eigenvalue weighted by Gasteiger charge is 2.18. The Morgan fingerprint density at radius 2 is 2.10 bits per heavy atom. The van der Waals surface area contributed by atoms with Crippen molar-refractivity contribution < 1.29 is 4.39 Å². The highest BCUT2D eigenvalue weighted by molar-refractivity contribution is 7.20. The van der Waals surface area contributed by atoms with E-state index in [0.717, 1.165) is 0 Å². The molecule has 21 heavy (non-hydrogen) atoms. The Kier molecular flexibility index (Phi) is 2.91. The van der Waals surface area contributed by atoms with Gasteiger partial charge in [-0.3, -0.25) is 0 Å². The van der Waals surface area contributed by atoms with Crippen LogP contribution in [0, 0.1) is 5.82 Å². The van der Waals surface area contributed by atoms with Gasteiger partial charge < -0.3 is 0 Å². The lowest BCUT2D eigenvalue weighted by molar-refractivity contribution is 0.629. The number of aromatic nitrogens is 6. The van der Waals surface area contributed by atoms with E-state index in [4.69, 9.17) is 11.6 Å². The number of benzene rings is 1. The summed E-state index contributed by atoms with van der Waals surface area (Å²) in [5, 5.41) is 19.1. The molecule has 0 amide bonds. The fraction of sp³-hybridized carbons (Fsp3) is 0. The summed E-state index contributed by atoms with van der Waals surface area (Å²) in [5.41, 5.74) is 0.957. The van der Waals surface area contributed by atoms with Crippen molar-refractivity contribution in [1.29, 1.82) is 0 Å². The molecule has 0 unspecified atom stereocenters. The normalized spacial score (nSPS) is 11.3. The molecule has 0 saturated heterocycles. The summed E-state index contributed by atoms with van der Waals surface area (Å²) in [6.45, 7) is 0. The fourth-order valence-corrected chi connectivity index (χ4v) is 3.29. The van der Waals surface area contributed by atoms with Gasteiger partial charge in [0.15, 0.2) is 10.8 Å². The summed E-state index contributed by atoms with van der Waals surface area (Å²) in [6, 6.07) is 4.38. The van der Waals surface area contributed by atoms with Gasteiger partial charge in [0.05, 0.1) is 5.56 Å². The van der Waals surface area contributed by atoms with E-state index in [1.165, 1.54) is 33.5 Å². The zero-order chi connectivity index (χ0) is 14.4. The van der Waals surface area contributed by atoms with Crippen LogP contribution in [0.1, 0.15) is 0 Å². The number of rotatable bonds is 2. The number of hydrogen-bond acceptors (Lipinski definition) is 7. The van der Waals surface area contributed by atoms with Crippen LogP contribution in [0.5, 0.6) is 0 Å². The summed E-state index contributed by atoms with van der Waals surface area (Å²) < 4.78 is 19.3. The molecule has 6 nitrogen and oxygen atoms in total. The van der Waals surface area contributed by atoms with Gasteiger partial charge in [0.1, 0.15) is 11.5 Å². The van der Waals surface area contributed by atoms with E-state index in [0.29, 0.717) is 32.1 Å². The standard InChI is InChI=1S/C11H4ClFN6S2/c12-5-1-2-6(7(13)3-5)9-15-16-11-19(9)17-10(21-11)8-4-20-18-14-8/h1-4H. The second kappa shape index (κ2) is 4.79. The first-order valence-corrected chi connectivity index (χ1v) is 7.70. The molecule has 0 aliphatic rings. The predicted octanol–water partition coefficient (Wildman–Crippen LogP) is 3.16. The van der Waals surface area contributed by atoms with Gasteiger partial charge in [-0.2, -0.15) is 9.61 Å². The van der Waals surface area contributed by atoms with Crippen LogP contribution in [0.3, 0.4) is 0 Å². The molecule has 3 aromatic heterocycles. The molecule has 0 N–H and O–H groups in total. The van der Waals surface area contributed by atoms with E-state index >= 15 is 0 Å². The topological polar surface area (TPSA) is 68.9 Å². The third-order valence-electron chi connectivity index (χ3n) is 2.74. The Bertz CT molecular complexity index is 932. The molecule has 3 heterocycles. The van der Waals surface area contributed by atoms with Crippen LogP contribution < -0.4 is 0 Å². The number of hydrogen-bond donors (Lipinski definition) is 0. The lowest BCUT2D eigenvalue weighted by Gasteiger charge is -1.99. The maximum Gasteiger partial charge on any atom is 0.235 e. The van der Waals surface area contributed by atoms with Gasteiger partial charge in [-0.15, -0.1) is 15.3 Å². The van der Waals surface area contributed by atoms with E-state index in [-0.39, 0.29) is 0 Å². The van der Waals surface area contributed by atoms with E-state index in [2.05, 4.69) is 24.9 Å². The zero-order valence-electron chi connectivity index (χ0n) is 10.1. The molecule has 104 valence electrons. The molecule has 4 aromatic rings. The Morgan fingerprint density at radius 3 is 2.86 bits per heavy atom. The van der Waals surface area contributed by atoms with Crippen molar-refractivity contribution in [2.75, 3.05) is 0 Å². The highest BCUT2D eigenvalue weighted by Crippen LogP contribution is 2.29. The predicted molar refractivity (Wildman–Crippen MR) is 78.0 cm³/mol. The van der Waals surface area contributed by atoms with Crippen molar-refractivity contribution in [1.82, 2.24) is 29.4 Å². The van der Waals surface area contributed by atoms with E-state index in [9.17, 15) is 4.39 Å². The molecule has 0 fully saturated rings. The first-order chi connectivity index (χ1) is 10.2. The van der Waals surface area contributed by atoms with Crippen molar-refractivity contribution in [3.63, 3.8) is 0 Å². The van der Waals surface area contributed by atoms with Crippen molar-refractivity contribution in [3.05, 3.63) is 34.4 Å². The van der Waals surface area contributed by atoms with Gasteiger partial charge in [-0.25, -0.2) is 4.39 Å². The minimum atomic E-state index is -0.471. The SMILES string of the molecule is Fc1cc(Cl)ccc1-c1nnc2sc(-c3csnn3)nn12. The summed E-state index contributed by atoms with van der Waals surface area (Å²) in [7, 11) is 0. The Labute approximate surface area is 130 Å². The van der Waals surface area contributed by atoms with Crippen LogP contribution in [0.15, 0.2) is 23.6 Å². The molecule has 4 rings (SSSR count). The van der Waals surface area contributed by atoms with Crippen molar-refractivity contribution in [3.8, 4) is 22.1 Å². The Balaban J connectivity index is 1.89. The number of halogens is 2. The lowest BCUT2D eigenvalue weighted by atomic mass is 10.2. The van der Waals surface area contributed by atoms with E-state index in [1.54, 1.807) is 17.5 Å². The number of nitrogens with zero attached hydrogens (tertiary/aromatic N) is 6. The molecule has 0 spiro atoms. The first kappa shape index (κ1) is 12.7. The highest BCUT2D eigenvalue weighted by atomic mass is 35.5. The summed E-state index contributed by atoms with van der Waals surface area (Å²) in [6.07, 6.45) is 0. The Morgan fingerprint density at radius 1 is 1.19 bits per heavy atom. The second-order valence-electron chi connectivity index (χ2n) is 4.04. The molecule has 1 aromatic carbocycles. The molecule has 0 radical (unpaired) electrons. The first-order valence-electron chi connectivity index (χ1n) is 5.67. The molecule has 0 atom stereocenters. The summed E-state index contributed by atoms with van der Waals surface area (Å²) in [4.78, 5) is 0.558. The quantitative estimate of drug-likeness (QED) is 0.561. The van der Waals surface area contributed by atoms with Crippen LogP contribution in [0.4, 0.5) is 4.39 Å². The molecule has 0 bridgehead atoms. The monoisotopic (exact) mass is 338 g/mol. The van der Waals surface area contributed by atoms with Gasteiger partial charge in [0, 0.05) is 10.4 Å². The molecule has 0 aliphatic carbocycles. The van der Waals surface area contributed by atoms with Gasteiger partial charge in [0.2, 0.25) is 4.96 Å². The lowest BCUT2D eigenvalue weighted by Crippen LogP contribution is -1.93. The minimum Gasteiger partial charge on any atom is -0.206 e. The summed E-state index contributed by atoms with van der Waals surface area (Å²) in [5.74, 6) is -0.147. The zero-order valence-corrected chi connectivity index (χ0v) is 12.5. The van der Waals surface area contributed by atoms with Crippen LogP contribution in [0.25, 0.3) is 27.1 Å². The van der Waals surface area contributed by atoms with Crippen LogP contribution in [-0.2, 0) is 0 Å². The van der Waals surface area contributed by atoms with Crippen molar-refractivity contribution in [2.45, 2.75) is 0 Å². The van der Waals surface area contributed by atoms with Crippen molar-refractivity contribution in [2.24, 2.45) is 0 Å². The fourth-order valence-electron chi connectivity index (χ4n) is 1.82. The molecule has 0 saturated carbocycles. The average molecular weight is 339 g/mol. The third kappa shape index (κ3) is 2.09. The molecule has 10 heteroatoms. The maximum atomic E-state index is 14.0. The largest absolute Gasteiger partial charge is 0.235 e. The van der Waals surface area contributed by atoms with Crippen molar-refractivity contribution >= 4 is 39.4 Å². The Hall–Kier alpha value is -1.97. The molecular formula is C11H4ClFN6S2. The maximum absolute atomic E-state index is 14.0. The minimum absolute atomic E-state index is 0.292. The third-order valence-corrected chi connectivity index (χ3v) is 4.40. The van der Waals surface area contributed by atoms with Gasteiger partial charge in [-0.1, -0.05) is 27.4 Å². The summed E-state index contributed by atoms with van der Waals surface area (Å²) >= 11 is 8.31. The number of fused-ring (bicyclic) bond motifs is 1. The van der Waals surface area contributed by atoms with Crippen LogP contribution >= 0.6 is 34.5 Å². The second-order valence-corrected chi connectivity index (χ2v) is 6.04. The van der Waals surface area contributed by atoms with Gasteiger partial charge >= 0.3 is 0 Å². The van der Waals surface area contributed by atoms with Crippen LogP contribution in [-0.4, -0.2) is 29.4 Å². The van der Waals surface area contributed by atoms with E-state index in [1.807, 2.05) is 0 Å². The molecule has 0 aliphatic heterocycles. The average Bonchev–Trinajstić information content (AvgIpc) is 3.14. The van der Waals surface area contributed by atoms with Gasteiger partial charge in [0.25, 0.3) is 0 Å². The van der Waals surface area contributed by atoms with E-state index < -0.39 is 5.82 Å². The molecular weight excluding hydrogens is 335 g/mol.